The number of rotatable bonds is 10. The number of benzene rings is 2. The van der Waals surface area contributed by atoms with E-state index in [-0.39, 0.29) is 6.61 Å². The monoisotopic (exact) mass is 497 g/mol. The molecule has 0 aliphatic rings. The lowest BCUT2D eigenvalue weighted by Gasteiger charge is -2.11. The van der Waals surface area contributed by atoms with Crippen molar-refractivity contribution < 1.29 is 32.9 Å². The van der Waals surface area contributed by atoms with Crippen LogP contribution in [0, 0.1) is 0 Å². The third kappa shape index (κ3) is 6.72. The molecule has 2 N–H and O–H groups in total. The van der Waals surface area contributed by atoms with Crippen molar-refractivity contribution in [1.82, 2.24) is 4.98 Å². The van der Waals surface area contributed by atoms with Crippen LogP contribution in [0.2, 0.25) is 0 Å². The Morgan fingerprint density at radius 1 is 1.18 bits per heavy atom. The fraction of sp³-hybridized carbons (Fsp3) is 0.304. The van der Waals surface area contributed by atoms with Gasteiger partial charge in [-0.25, -0.2) is 9.78 Å². The Labute approximate surface area is 197 Å². The Balaban J connectivity index is 1.75. The van der Waals surface area contributed by atoms with Crippen LogP contribution in [-0.4, -0.2) is 27.8 Å². The van der Waals surface area contributed by atoms with E-state index in [1.807, 2.05) is 19.1 Å². The number of aliphatic carboxylic acids is 1. The second-order valence-corrected chi connectivity index (χ2v) is 9.25. The molecule has 3 rings (SSSR count). The molecule has 1 heterocycles. The molecule has 0 saturated heterocycles. The molecule has 0 aliphatic carbocycles. The largest absolute Gasteiger partial charge is 0.482 e. The summed E-state index contributed by atoms with van der Waals surface area (Å²) in [6, 6.07) is 10.4. The normalized spacial score (nSPS) is 11.5. The van der Waals surface area contributed by atoms with E-state index in [2.05, 4.69) is 4.98 Å². The van der Waals surface area contributed by atoms with Crippen molar-refractivity contribution in [1.29, 1.82) is 0 Å². The number of carboxylic acid groups (broad SMARTS) is 1. The molecule has 0 fully saturated rings. The van der Waals surface area contributed by atoms with E-state index in [9.17, 15) is 23.1 Å². The topological polar surface area (TPSA) is 79.7 Å². The third-order valence-electron chi connectivity index (χ3n) is 4.66. The molecule has 0 spiro atoms. The lowest BCUT2D eigenvalue weighted by molar-refractivity contribution is -0.139. The summed E-state index contributed by atoms with van der Waals surface area (Å²) in [7, 11) is 0. The van der Waals surface area contributed by atoms with Crippen LogP contribution in [0.4, 0.5) is 13.2 Å². The Bertz CT molecular complexity index is 1100. The van der Waals surface area contributed by atoms with Crippen molar-refractivity contribution in [2.75, 3.05) is 6.61 Å². The molecule has 3 aromatic rings. The maximum atomic E-state index is 12.8. The molecule has 10 heteroatoms. The molecule has 0 saturated carbocycles. The number of aromatic nitrogens is 1. The summed E-state index contributed by atoms with van der Waals surface area (Å²) in [5, 5.41) is 19.1. The van der Waals surface area contributed by atoms with Crippen LogP contribution in [-0.2, 0) is 29.8 Å². The van der Waals surface area contributed by atoms with E-state index in [4.69, 9.17) is 9.84 Å². The highest BCUT2D eigenvalue weighted by atomic mass is 32.2. The number of hydrogen-bond donors (Lipinski definition) is 2. The van der Waals surface area contributed by atoms with Crippen molar-refractivity contribution in [2.24, 2.45) is 0 Å². The fourth-order valence-corrected chi connectivity index (χ4v) is 5.22. The maximum Gasteiger partial charge on any atom is 0.416 e. The molecule has 0 radical (unpaired) electrons. The molecule has 0 amide bonds. The van der Waals surface area contributed by atoms with Gasteiger partial charge in [0, 0.05) is 21.1 Å². The summed E-state index contributed by atoms with van der Waals surface area (Å²) in [4.78, 5) is 17.0. The van der Waals surface area contributed by atoms with Gasteiger partial charge in [-0.05, 0) is 42.3 Å². The van der Waals surface area contributed by atoms with Gasteiger partial charge in [-0.3, -0.25) is 0 Å². The quantitative estimate of drug-likeness (QED) is 0.333. The highest BCUT2D eigenvalue weighted by Gasteiger charge is 2.30. The van der Waals surface area contributed by atoms with Crippen LogP contribution in [0.15, 0.2) is 47.4 Å². The smallest absolute Gasteiger partial charge is 0.416 e. The molecule has 0 atom stereocenters. The number of aryl methyl sites for hydroxylation is 1. The first-order valence-corrected chi connectivity index (χ1v) is 11.9. The lowest BCUT2D eigenvalue weighted by atomic mass is 10.1. The third-order valence-corrected chi connectivity index (χ3v) is 7.01. The van der Waals surface area contributed by atoms with E-state index >= 15 is 0 Å². The van der Waals surface area contributed by atoms with E-state index < -0.39 is 24.3 Å². The molecule has 2 aromatic carbocycles. The zero-order valence-electron chi connectivity index (χ0n) is 17.7. The van der Waals surface area contributed by atoms with E-state index in [1.54, 1.807) is 6.07 Å². The standard InChI is InChI=1S/C23H22F3NO4S2/c1-2-3-15-10-17(8-9-19(15)31-12-21(29)30)32-13-20-18(11-28)27-22(33-20)14-4-6-16(7-5-14)23(24,25)26/h4-10,28H,2-3,11-13H2,1H3,(H,29,30). The van der Waals surface area contributed by atoms with Crippen LogP contribution in [0.3, 0.4) is 0 Å². The van der Waals surface area contributed by atoms with Crippen LogP contribution < -0.4 is 4.74 Å². The Morgan fingerprint density at radius 3 is 2.52 bits per heavy atom. The van der Waals surface area contributed by atoms with E-state index in [1.165, 1.54) is 35.2 Å². The van der Waals surface area contributed by atoms with Gasteiger partial charge in [0.15, 0.2) is 6.61 Å². The number of ether oxygens (including phenoxy) is 1. The second-order valence-electron chi connectivity index (χ2n) is 7.11. The molecular formula is C23H22F3NO4S2. The van der Waals surface area contributed by atoms with Crippen molar-refractivity contribution in [3.8, 4) is 16.3 Å². The number of halogens is 3. The van der Waals surface area contributed by atoms with Crippen molar-refractivity contribution >= 4 is 29.1 Å². The number of aliphatic hydroxyl groups excluding tert-OH is 1. The lowest BCUT2D eigenvalue weighted by Crippen LogP contribution is -2.10. The van der Waals surface area contributed by atoms with Crippen molar-refractivity contribution in [2.45, 2.75) is 43.2 Å². The van der Waals surface area contributed by atoms with Gasteiger partial charge in [-0.1, -0.05) is 25.5 Å². The van der Waals surface area contributed by atoms with Gasteiger partial charge in [0.2, 0.25) is 0 Å². The SMILES string of the molecule is CCCc1cc(SCc2sc(-c3ccc(C(F)(F)F)cc3)nc2CO)ccc1OCC(=O)O. The van der Waals surface area contributed by atoms with Gasteiger partial charge in [-0.2, -0.15) is 13.2 Å². The molecule has 0 bridgehead atoms. The number of aliphatic hydroxyl groups is 1. The number of alkyl halides is 3. The van der Waals surface area contributed by atoms with E-state index in [0.29, 0.717) is 27.8 Å². The predicted molar refractivity (Wildman–Crippen MR) is 122 cm³/mol. The first-order chi connectivity index (χ1) is 15.7. The first kappa shape index (κ1) is 25.1. The van der Waals surface area contributed by atoms with Crippen molar-refractivity contribution in [3.63, 3.8) is 0 Å². The average Bonchev–Trinajstić information content (AvgIpc) is 3.20. The minimum absolute atomic E-state index is 0.268. The van der Waals surface area contributed by atoms with Crippen LogP contribution in [0.1, 0.15) is 35.0 Å². The summed E-state index contributed by atoms with van der Waals surface area (Å²) in [6.45, 7) is 1.35. The number of thiazole rings is 1. The second kappa shape index (κ2) is 11.0. The molecular weight excluding hydrogens is 475 g/mol. The molecule has 5 nitrogen and oxygen atoms in total. The van der Waals surface area contributed by atoms with Gasteiger partial charge < -0.3 is 14.9 Å². The van der Waals surface area contributed by atoms with Crippen molar-refractivity contribution in [3.05, 3.63) is 64.2 Å². The summed E-state index contributed by atoms with van der Waals surface area (Å²) in [5.74, 6) is 0.0262. The molecule has 33 heavy (non-hydrogen) atoms. The van der Waals surface area contributed by atoms with Crippen LogP contribution >= 0.6 is 23.1 Å². The van der Waals surface area contributed by atoms with Gasteiger partial charge in [0.1, 0.15) is 10.8 Å². The van der Waals surface area contributed by atoms with Gasteiger partial charge in [0.05, 0.1) is 17.9 Å². The van der Waals surface area contributed by atoms with Gasteiger partial charge in [0.25, 0.3) is 0 Å². The van der Waals surface area contributed by atoms with Gasteiger partial charge in [-0.15, -0.1) is 23.1 Å². The minimum Gasteiger partial charge on any atom is -0.482 e. The zero-order chi connectivity index (χ0) is 24.0. The fourth-order valence-electron chi connectivity index (χ4n) is 3.08. The van der Waals surface area contributed by atoms with E-state index in [0.717, 1.165) is 40.3 Å². The number of carboxylic acids is 1. The Morgan fingerprint density at radius 2 is 1.91 bits per heavy atom. The zero-order valence-corrected chi connectivity index (χ0v) is 19.3. The highest BCUT2D eigenvalue weighted by Crippen LogP contribution is 2.36. The number of carbonyl (C=O) groups is 1. The average molecular weight is 498 g/mol. The summed E-state index contributed by atoms with van der Waals surface area (Å²) >= 11 is 2.86. The summed E-state index contributed by atoms with van der Waals surface area (Å²) in [5.41, 5.74) is 1.25. The minimum atomic E-state index is -4.40. The number of thioether (sulfide) groups is 1. The van der Waals surface area contributed by atoms with Gasteiger partial charge >= 0.3 is 12.1 Å². The Hall–Kier alpha value is -2.56. The molecule has 0 aliphatic heterocycles. The maximum absolute atomic E-state index is 12.8. The van der Waals surface area contributed by atoms with Crippen LogP contribution in [0.25, 0.3) is 10.6 Å². The first-order valence-electron chi connectivity index (χ1n) is 10.1. The number of nitrogens with zero attached hydrogens (tertiary/aromatic N) is 1. The number of hydrogen-bond acceptors (Lipinski definition) is 6. The molecule has 1 aromatic heterocycles. The summed E-state index contributed by atoms with van der Waals surface area (Å²) < 4.78 is 43.8. The molecule has 0 unspecified atom stereocenters. The summed E-state index contributed by atoms with van der Waals surface area (Å²) in [6.07, 6.45) is -2.79. The molecule has 176 valence electrons. The highest BCUT2D eigenvalue weighted by molar-refractivity contribution is 7.98. The van der Waals surface area contributed by atoms with Crippen LogP contribution in [0.5, 0.6) is 5.75 Å². The Kier molecular flexibility index (Phi) is 8.39. The predicted octanol–water partition coefficient (Wildman–Crippen LogP) is 6.03.